The van der Waals surface area contributed by atoms with Crippen LogP contribution in [0.3, 0.4) is 0 Å². The molecule has 1 saturated heterocycles. The third-order valence-corrected chi connectivity index (χ3v) is 7.51. The highest BCUT2D eigenvalue weighted by Gasteiger charge is 2.56. The first-order chi connectivity index (χ1) is 17.4. The predicted octanol–water partition coefficient (Wildman–Crippen LogP) is 4.15. The van der Waals surface area contributed by atoms with Gasteiger partial charge in [0.1, 0.15) is 5.82 Å². The van der Waals surface area contributed by atoms with Crippen molar-refractivity contribution in [2.75, 3.05) is 7.05 Å². The Morgan fingerprint density at radius 3 is 2.53 bits per heavy atom. The van der Waals surface area contributed by atoms with Gasteiger partial charge in [-0.2, -0.15) is 0 Å². The molecule has 8 heteroatoms. The highest BCUT2D eigenvalue weighted by atomic mass is 19.1. The first-order valence-corrected chi connectivity index (χ1v) is 12.4. The molecule has 5 rings (SSSR count). The molecule has 0 spiro atoms. The van der Waals surface area contributed by atoms with Crippen molar-refractivity contribution in [2.24, 2.45) is 0 Å². The van der Waals surface area contributed by atoms with Crippen LogP contribution in [0.4, 0.5) is 4.39 Å². The molecule has 2 fully saturated rings. The van der Waals surface area contributed by atoms with Gasteiger partial charge >= 0.3 is 0 Å². The summed E-state index contributed by atoms with van der Waals surface area (Å²) < 4.78 is 15.1. The lowest BCUT2D eigenvalue weighted by molar-refractivity contribution is -0.145. The summed E-state index contributed by atoms with van der Waals surface area (Å²) in [6.07, 6.45) is 7.25. The molecule has 36 heavy (non-hydrogen) atoms. The number of imide groups is 1. The lowest BCUT2D eigenvalue weighted by atomic mass is 9.75. The van der Waals surface area contributed by atoms with Gasteiger partial charge in [0.15, 0.2) is 0 Å². The van der Waals surface area contributed by atoms with Crippen LogP contribution in [-0.4, -0.2) is 50.6 Å². The minimum Gasteiger partial charge on any atom is -0.341 e. The third kappa shape index (κ3) is 4.36. The fourth-order valence-electron chi connectivity index (χ4n) is 5.63. The van der Waals surface area contributed by atoms with Crippen LogP contribution in [-0.2, 0) is 26.3 Å². The maximum Gasteiger partial charge on any atom is 0.241 e. The molecule has 2 aliphatic rings. The van der Waals surface area contributed by atoms with E-state index in [1.807, 2.05) is 18.2 Å². The minimum atomic E-state index is -1.54. The van der Waals surface area contributed by atoms with E-state index in [4.69, 9.17) is 0 Å². The number of rotatable bonds is 6. The van der Waals surface area contributed by atoms with E-state index in [1.54, 1.807) is 31.6 Å². The van der Waals surface area contributed by atoms with Crippen LogP contribution in [0.25, 0.3) is 11.0 Å². The number of nitrogens with zero attached hydrogens (tertiary/aromatic N) is 4. The van der Waals surface area contributed by atoms with Crippen molar-refractivity contribution in [3.8, 4) is 0 Å². The lowest BCUT2D eigenvalue weighted by Crippen LogP contribution is -2.47. The SMILES string of the molecule is CN(Cc1ccc2nccnc2c1)C(=O)CC1(c2ccccc2F)CC(=O)N(C2CCCCC2)C1=O. The summed E-state index contributed by atoms with van der Waals surface area (Å²) >= 11 is 0. The number of carbonyl (C=O) groups is 3. The number of halogens is 1. The Kier molecular flexibility index (Phi) is 6.51. The van der Waals surface area contributed by atoms with Gasteiger partial charge in [-0.1, -0.05) is 43.5 Å². The van der Waals surface area contributed by atoms with Crippen LogP contribution in [0.15, 0.2) is 54.9 Å². The molecule has 3 aromatic rings. The Morgan fingerprint density at radius 1 is 1.06 bits per heavy atom. The van der Waals surface area contributed by atoms with E-state index >= 15 is 4.39 Å². The zero-order chi connectivity index (χ0) is 25.3. The Labute approximate surface area is 209 Å². The average Bonchev–Trinajstić information content (AvgIpc) is 3.14. The highest BCUT2D eigenvalue weighted by molar-refractivity contribution is 6.11. The number of amides is 3. The van der Waals surface area contributed by atoms with Gasteiger partial charge in [0.2, 0.25) is 17.7 Å². The topological polar surface area (TPSA) is 83.5 Å². The second kappa shape index (κ2) is 9.76. The van der Waals surface area contributed by atoms with Gasteiger partial charge in [-0.05, 0) is 36.6 Å². The molecule has 2 heterocycles. The fourth-order valence-corrected chi connectivity index (χ4v) is 5.63. The highest BCUT2D eigenvalue weighted by Crippen LogP contribution is 2.43. The first-order valence-electron chi connectivity index (χ1n) is 12.4. The van der Waals surface area contributed by atoms with Gasteiger partial charge in [-0.3, -0.25) is 29.3 Å². The molecule has 0 bridgehead atoms. The molecule has 1 atom stereocenters. The number of carbonyl (C=O) groups excluding carboxylic acids is 3. The van der Waals surface area contributed by atoms with E-state index in [0.29, 0.717) is 0 Å². The maximum absolute atomic E-state index is 15.1. The van der Waals surface area contributed by atoms with E-state index < -0.39 is 17.1 Å². The second-order valence-corrected chi connectivity index (χ2v) is 9.91. The molecule has 0 radical (unpaired) electrons. The van der Waals surface area contributed by atoms with E-state index in [0.717, 1.165) is 48.7 Å². The van der Waals surface area contributed by atoms with Gasteiger partial charge < -0.3 is 4.90 Å². The number of aromatic nitrogens is 2. The van der Waals surface area contributed by atoms with Crippen LogP contribution >= 0.6 is 0 Å². The quantitative estimate of drug-likeness (QED) is 0.487. The lowest BCUT2D eigenvalue weighted by Gasteiger charge is -2.33. The zero-order valence-electron chi connectivity index (χ0n) is 20.3. The fraction of sp³-hybridized carbons (Fsp3) is 0.393. The van der Waals surface area contributed by atoms with Crippen LogP contribution in [0, 0.1) is 5.82 Å². The van der Waals surface area contributed by atoms with Crippen LogP contribution in [0.2, 0.25) is 0 Å². The van der Waals surface area contributed by atoms with Gasteiger partial charge in [-0.25, -0.2) is 4.39 Å². The summed E-state index contributed by atoms with van der Waals surface area (Å²) in [5.74, 6) is -1.68. The molecule has 1 saturated carbocycles. The Bertz CT molecular complexity index is 1320. The molecule has 1 unspecified atom stereocenters. The van der Waals surface area contributed by atoms with E-state index in [-0.39, 0.29) is 42.8 Å². The molecule has 186 valence electrons. The smallest absolute Gasteiger partial charge is 0.241 e. The monoisotopic (exact) mass is 488 g/mol. The minimum absolute atomic E-state index is 0.115. The Balaban J connectivity index is 1.43. The number of benzene rings is 2. The van der Waals surface area contributed by atoms with Crippen LogP contribution < -0.4 is 0 Å². The normalized spacial score (nSPS) is 20.8. The summed E-state index contributed by atoms with van der Waals surface area (Å²) in [6, 6.07) is 11.4. The predicted molar refractivity (Wildman–Crippen MR) is 132 cm³/mol. The van der Waals surface area contributed by atoms with Crippen molar-refractivity contribution in [1.82, 2.24) is 19.8 Å². The van der Waals surface area contributed by atoms with Gasteiger partial charge in [0, 0.05) is 50.4 Å². The second-order valence-electron chi connectivity index (χ2n) is 9.91. The number of hydrogen-bond donors (Lipinski definition) is 0. The van der Waals surface area contributed by atoms with Crippen molar-refractivity contribution >= 4 is 28.8 Å². The third-order valence-electron chi connectivity index (χ3n) is 7.51. The molecule has 7 nitrogen and oxygen atoms in total. The molecule has 3 amide bonds. The number of likely N-dealkylation sites (tertiary alicyclic amines) is 1. The zero-order valence-corrected chi connectivity index (χ0v) is 20.3. The molecule has 1 aliphatic carbocycles. The van der Waals surface area contributed by atoms with Crippen molar-refractivity contribution in [3.63, 3.8) is 0 Å². The summed E-state index contributed by atoms with van der Waals surface area (Å²) in [4.78, 5) is 52.0. The summed E-state index contributed by atoms with van der Waals surface area (Å²) in [6.45, 7) is 0.285. The van der Waals surface area contributed by atoms with Crippen molar-refractivity contribution in [2.45, 2.75) is 62.9 Å². The summed E-state index contributed by atoms with van der Waals surface area (Å²) in [5.41, 5.74) is 0.908. The first kappa shape index (κ1) is 24.0. The van der Waals surface area contributed by atoms with Crippen LogP contribution in [0.5, 0.6) is 0 Å². The van der Waals surface area contributed by atoms with Crippen molar-refractivity contribution in [3.05, 3.63) is 71.8 Å². The molecule has 1 aromatic heterocycles. The van der Waals surface area contributed by atoms with Crippen molar-refractivity contribution < 1.29 is 18.8 Å². The molecule has 1 aliphatic heterocycles. The Morgan fingerprint density at radius 2 is 1.78 bits per heavy atom. The summed E-state index contributed by atoms with van der Waals surface area (Å²) in [5, 5.41) is 0. The van der Waals surface area contributed by atoms with Gasteiger partial charge in [0.25, 0.3) is 0 Å². The molecule has 2 aromatic carbocycles. The number of fused-ring (bicyclic) bond motifs is 1. The molecular weight excluding hydrogens is 459 g/mol. The Hall–Kier alpha value is -3.68. The number of hydrogen-bond acceptors (Lipinski definition) is 5. The maximum atomic E-state index is 15.1. The summed E-state index contributed by atoms with van der Waals surface area (Å²) in [7, 11) is 1.65. The van der Waals surface area contributed by atoms with Gasteiger partial charge in [-0.15, -0.1) is 0 Å². The van der Waals surface area contributed by atoms with E-state index in [1.165, 1.54) is 21.9 Å². The average molecular weight is 489 g/mol. The van der Waals surface area contributed by atoms with E-state index in [2.05, 4.69) is 9.97 Å². The standard InChI is InChI=1S/C28H29FN4O3/c1-32(18-19-11-12-23-24(15-19)31-14-13-30-23)25(34)16-28(21-9-5-6-10-22(21)29)17-26(35)33(27(28)36)20-7-3-2-4-8-20/h5-6,9-15,20H,2-4,7-8,16-18H2,1H3. The molecular formula is C28H29FN4O3. The van der Waals surface area contributed by atoms with E-state index in [9.17, 15) is 14.4 Å². The van der Waals surface area contributed by atoms with Crippen molar-refractivity contribution in [1.29, 1.82) is 0 Å². The van der Waals surface area contributed by atoms with Gasteiger partial charge in [0.05, 0.1) is 16.4 Å². The van der Waals surface area contributed by atoms with Crippen LogP contribution in [0.1, 0.15) is 56.1 Å². The molecule has 0 N–H and O–H groups in total. The largest absolute Gasteiger partial charge is 0.341 e.